The van der Waals surface area contributed by atoms with E-state index >= 15 is 0 Å². The van der Waals surface area contributed by atoms with Crippen LogP contribution in [-0.4, -0.2) is 46.6 Å². The number of hydrogen-bond donors (Lipinski definition) is 0. The van der Waals surface area contributed by atoms with Crippen LogP contribution in [0, 0.1) is 6.92 Å². The third kappa shape index (κ3) is 4.20. The van der Waals surface area contributed by atoms with Crippen molar-refractivity contribution in [3.05, 3.63) is 76.2 Å². The molecule has 0 N–H and O–H groups in total. The number of benzene rings is 2. The van der Waals surface area contributed by atoms with Crippen LogP contribution in [0.25, 0.3) is 11.1 Å². The van der Waals surface area contributed by atoms with Crippen LogP contribution in [0.1, 0.15) is 42.1 Å². The molecule has 1 aromatic heterocycles. The summed E-state index contributed by atoms with van der Waals surface area (Å²) in [6.45, 7) is 3.84. The van der Waals surface area contributed by atoms with Gasteiger partial charge in [-0.3, -0.25) is 19.3 Å². The van der Waals surface area contributed by atoms with E-state index in [9.17, 15) is 14.4 Å². The first-order valence-corrected chi connectivity index (χ1v) is 11.8. The zero-order chi connectivity index (χ0) is 23.8. The molecule has 1 saturated heterocycles. The molecule has 2 atom stereocenters. The number of aromatic nitrogens is 1. The van der Waals surface area contributed by atoms with Crippen LogP contribution in [0.5, 0.6) is 0 Å². The average Bonchev–Trinajstić information content (AvgIpc) is 3.36. The molecule has 33 heavy (non-hydrogen) atoms. The highest BCUT2D eigenvalue weighted by Gasteiger charge is 2.53. The lowest BCUT2D eigenvalue weighted by molar-refractivity contribution is -0.141. The van der Waals surface area contributed by atoms with Gasteiger partial charge in [-0.1, -0.05) is 54.6 Å². The Morgan fingerprint density at radius 2 is 1.76 bits per heavy atom. The van der Waals surface area contributed by atoms with Crippen LogP contribution in [0.4, 0.5) is 0 Å². The molecule has 1 aliphatic rings. The molecule has 0 bridgehead atoms. The molecule has 2 unspecified atom stereocenters. The predicted octanol–water partition coefficient (Wildman–Crippen LogP) is 4.35. The van der Waals surface area contributed by atoms with E-state index < -0.39 is 5.41 Å². The van der Waals surface area contributed by atoms with Gasteiger partial charge in [0.25, 0.3) is 0 Å². The summed E-state index contributed by atoms with van der Waals surface area (Å²) in [5, 5.41) is 2.80. The molecule has 0 aliphatic carbocycles. The predicted molar refractivity (Wildman–Crippen MR) is 129 cm³/mol. The molecule has 170 valence electrons. The van der Waals surface area contributed by atoms with Gasteiger partial charge in [-0.25, -0.2) is 4.98 Å². The SMILES string of the molecule is Cc1csc(C(C)N(C)C(=O)CC2(c3ccc(-c4ccccc4)cc3)CC(=O)N(C)C2=O)n1. The van der Waals surface area contributed by atoms with Gasteiger partial charge in [-0.2, -0.15) is 0 Å². The Kier molecular flexibility index (Phi) is 6.17. The Morgan fingerprint density at radius 3 is 2.30 bits per heavy atom. The molecule has 6 nitrogen and oxygen atoms in total. The van der Waals surface area contributed by atoms with Gasteiger partial charge in [0.1, 0.15) is 5.01 Å². The van der Waals surface area contributed by atoms with Gasteiger partial charge >= 0.3 is 0 Å². The van der Waals surface area contributed by atoms with E-state index in [1.807, 2.05) is 73.8 Å². The van der Waals surface area contributed by atoms with Crippen LogP contribution in [0.3, 0.4) is 0 Å². The number of amides is 3. The van der Waals surface area contributed by atoms with Crippen LogP contribution in [0.2, 0.25) is 0 Å². The summed E-state index contributed by atoms with van der Waals surface area (Å²) in [7, 11) is 3.21. The number of hydrogen-bond acceptors (Lipinski definition) is 5. The fourth-order valence-electron chi connectivity index (χ4n) is 4.29. The third-order valence-electron chi connectivity index (χ3n) is 6.51. The molecular weight excluding hydrogens is 434 g/mol. The molecule has 2 heterocycles. The second-order valence-corrected chi connectivity index (χ2v) is 9.53. The number of carbonyl (C=O) groups is 3. The third-order valence-corrected chi connectivity index (χ3v) is 7.64. The summed E-state index contributed by atoms with van der Waals surface area (Å²) in [6, 6.07) is 17.3. The molecular formula is C26H27N3O3S. The van der Waals surface area contributed by atoms with Crippen molar-refractivity contribution in [1.82, 2.24) is 14.8 Å². The first kappa shape index (κ1) is 22.9. The lowest BCUT2D eigenvalue weighted by Crippen LogP contribution is -2.42. The van der Waals surface area contributed by atoms with Crippen LogP contribution in [-0.2, 0) is 19.8 Å². The highest BCUT2D eigenvalue weighted by molar-refractivity contribution is 7.09. The fraction of sp³-hybridized carbons (Fsp3) is 0.308. The lowest BCUT2D eigenvalue weighted by atomic mass is 9.75. The van der Waals surface area contributed by atoms with E-state index in [0.29, 0.717) is 5.56 Å². The van der Waals surface area contributed by atoms with E-state index in [-0.39, 0.29) is 36.6 Å². The number of likely N-dealkylation sites (tertiary alicyclic amines) is 1. The zero-order valence-electron chi connectivity index (χ0n) is 19.2. The van der Waals surface area contributed by atoms with Crippen LogP contribution in [0.15, 0.2) is 60.0 Å². The number of nitrogens with zero attached hydrogens (tertiary/aromatic N) is 3. The second-order valence-electron chi connectivity index (χ2n) is 8.64. The summed E-state index contributed by atoms with van der Waals surface area (Å²) < 4.78 is 0. The minimum atomic E-state index is -1.20. The Hall–Kier alpha value is -3.32. The number of carbonyl (C=O) groups excluding carboxylic acids is 3. The van der Waals surface area contributed by atoms with E-state index in [2.05, 4.69) is 4.98 Å². The quantitative estimate of drug-likeness (QED) is 0.512. The fourth-order valence-corrected chi connectivity index (χ4v) is 5.19. The number of thiazole rings is 1. The normalized spacial score (nSPS) is 19.1. The Balaban J connectivity index is 1.65. The van der Waals surface area contributed by atoms with Gasteiger partial charge in [0.2, 0.25) is 17.7 Å². The summed E-state index contributed by atoms with van der Waals surface area (Å²) in [5.41, 5.74) is 2.47. The highest BCUT2D eigenvalue weighted by Crippen LogP contribution is 2.41. The average molecular weight is 462 g/mol. The Morgan fingerprint density at radius 1 is 1.12 bits per heavy atom. The van der Waals surface area contributed by atoms with Gasteiger partial charge in [-0.15, -0.1) is 11.3 Å². The molecule has 3 aromatic rings. The van der Waals surface area contributed by atoms with Crippen molar-refractivity contribution in [3.63, 3.8) is 0 Å². The topological polar surface area (TPSA) is 70.6 Å². The zero-order valence-corrected chi connectivity index (χ0v) is 20.1. The molecule has 1 aliphatic heterocycles. The van der Waals surface area contributed by atoms with Gasteiger partial charge in [0.15, 0.2) is 0 Å². The second kappa shape index (κ2) is 8.90. The first-order chi connectivity index (χ1) is 15.7. The number of rotatable bonds is 6. The van der Waals surface area contributed by atoms with E-state index in [1.165, 1.54) is 18.4 Å². The molecule has 1 fully saturated rings. The van der Waals surface area contributed by atoms with Gasteiger partial charge in [-0.05, 0) is 30.5 Å². The molecule has 0 saturated carbocycles. The van der Waals surface area contributed by atoms with E-state index in [4.69, 9.17) is 0 Å². The summed E-state index contributed by atoms with van der Waals surface area (Å²) in [4.78, 5) is 46.5. The largest absolute Gasteiger partial charge is 0.337 e. The van der Waals surface area contributed by atoms with Crippen molar-refractivity contribution < 1.29 is 14.4 Å². The van der Waals surface area contributed by atoms with Gasteiger partial charge < -0.3 is 4.90 Å². The first-order valence-electron chi connectivity index (χ1n) is 10.9. The van der Waals surface area contributed by atoms with Crippen molar-refractivity contribution in [2.24, 2.45) is 0 Å². The van der Waals surface area contributed by atoms with Crippen molar-refractivity contribution >= 4 is 29.1 Å². The maximum atomic E-state index is 13.4. The smallest absolute Gasteiger partial charge is 0.240 e. The summed E-state index contributed by atoms with van der Waals surface area (Å²) in [6.07, 6.45) is -0.0882. The lowest BCUT2D eigenvalue weighted by Gasteiger charge is -2.30. The highest BCUT2D eigenvalue weighted by atomic mass is 32.1. The molecule has 4 rings (SSSR count). The Labute approximate surface area is 197 Å². The van der Waals surface area contributed by atoms with Gasteiger partial charge in [0, 0.05) is 38.0 Å². The Bertz CT molecular complexity index is 1190. The standard InChI is InChI=1S/C26H27N3O3S/c1-17-16-33-24(27-17)18(2)28(3)22(30)14-26(15-23(31)29(4)25(26)32)21-12-10-20(11-13-21)19-8-6-5-7-9-19/h5-13,16,18H,14-15H2,1-4H3. The maximum absolute atomic E-state index is 13.4. The van der Waals surface area contributed by atoms with E-state index in [0.717, 1.165) is 26.7 Å². The minimum absolute atomic E-state index is 0.0165. The van der Waals surface area contributed by atoms with Crippen molar-refractivity contribution in [2.75, 3.05) is 14.1 Å². The van der Waals surface area contributed by atoms with Crippen molar-refractivity contribution in [3.8, 4) is 11.1 Å². The van der Waals surface area contributed by atoms with Crippen LogP contribution >= 0.6 is 11.3 Å². The molecule has 7 heteroatoms. The molecule has 0 radical (unpaired) electrons. The molecule has 2 aromatic carbocycles. The van der Waals surface area contributed by atoms with Crippen LogP contribution < -0.4 is 0 Å². The van der Waals surface area contributed by atoms with Crippen molar-refractivity contribution in [2.45, 2.75) is 38.1 Å². The maximum Gasteiger partial charge on any atom is 0.240 e. The monoisotopic (exact) mass is 461 g/mol. The molecule has 3 amide bonds. The minimum Gasteiger partial charge on any atom is -0.337 e. The summed E-state index contributed by atoms with van der Waals surface area (Å²) >= 11 is 1.51. The number of imide groups is 1. The number of likely N-dealkylation sites (N-methyl/N-ethyl adjacent to an activating group) is 1. The van der Waals surface area contributed by atoms with Gasteiger partial charge in [0.05, 0.1) is 11.5 Å². The van der Waals surface area contributed by atoms with Crippen molar-refractivity contribution in [1.29, 1.82) is 0 Å². The molecule has 0 spiro atoms. The van der Waals surface area contributed by atoms with E-state index in [1.54, 1.807) is 11.9 Å². The summed E-state index contributed by atoms with van der Waals surface area (Å²) in [5.74, 6) is -0.801. The number of aryl methyl sites for hydroxylation is 1.